The topological polar surface area (TPSA) is 33.1 Å². The van der Waals surface area contributed by atoms with E-state index in [1.807, 2.05) is 0 Å². The maximum Gasteiger partial charge on any atom is 0.143 e. The van der Waals surface area contributed by atoms with Gasteiger partial charge in [0.05, 0.1) is 0 Å². The molecule has 0 aliphatic heterocycles. The van der Waals surface area contributed by atoms with E-state index in [0.29, 0.717) is 0 Å². The van der Waals surface area contributed by atoms with Crippen molar-refractivity contribution in [2.24, 2.45) is 0 Å². The number of aromatic amines is 1. The molecule has 4 aromatic rings. The van der Waals surface area contributed by atoms with Crippen LogP contribution in [0, 0.1) is 13.8 Å². The summed E-state index contributed by atoms with van der Waals surface area (Å²) < 4.78 is 2.12. The first-order valence-corrected chi connectivity index (χ1v) is 6.09. The van der Waals surface area contributed by atoms with Gasteiger partial charge in [0.1, 0.15) is 16.8 Å². The molecule has 0 fully saturated rings. The van der Waals surface area contributed by atoms with Gasteiger partial charge in [0.25, 0.3) is 0 Å². The maximum atomic E-state index is 4.72. The van der Waals surface area contributed by atoms with Crippen LogP contribution >= 0.6 is 0 Å². The number of pyridine rings is 1. The summed E-state index contributed by atoms with van der Waals surface area (Å²) in [6.45, 7) is 4.20. The fourth-order valence-electron chi connectivity index (χ4n) is 2.55. The molecule has 88 valence electrons. The molecule has 1 aromatic carbocycles. The molecular formula is C15H13N3. The Labute approximate surface area is 104 Å². The van der Waals surface area contributed by atoms with Crippen molar-refractivity contribution in [3.8, 4) is 0 Å². The Morgan fingerprint density at radius 1 is 1.06 bits per heavy atom. The Kier molecular flexibility index (Phi) is 1.69. The normalized spacial score (nSPS) is 11.9. The molecule has 4 rings (SSSR count). The summed E-state index contributed by atoms with van der Waals surface area (Å²) in [6.07, 6.45) is 2.12. The van der Waals surface area contributed by atoms with Gasteiger partial charge < -0.3 is 4.98 Å². The lowest BCUT2D eigenvalue weighted by atomic mass is 10.2. The fourth-order valence-corrected chi connectivity index (χ4v) is 2.55. The highest BCUT2D eigenvalue weighted by atomic mass is 15.1. The average Bonchev–Trinajstić information content (AvgIpc) is 2.86. The van der Waals surface area contributed by atoms with Crippen LogP contribution in [0.4, 0.5) is 0 Å². The molecule has 0 radical (unpaired) electrons. The van der Waals surface area contributed by atoms with Crippen molar-refractivity contribution >= 4 is 27.7 Å². The molecule has 0 spiro atoms. The molecule has 0 saturated carbocycles. The molecule has 3 nitrogen and oxygen atoms in total. The Bertz CT molecular complexity index is 820. The monoisotopic (exact) mass is 235 g/mol. The first-order valence-electron chi connectivity index (χ1n) is 6.09. The van der Waals surface area contributed by atoms with Gasteiger partial charge in [-0.15, -0.1) is 0 Å². The molecule has 0 unspecified atom stereocenters. The van der Waals surface area contributed by atoms with Crippen molar-refractivity contribution in [1.82, 2.24) is 14.4 Å². The van der Waals surface area contributed by atoms with Gasteiger partial charge in [0, 0.05) is 17.1 Å². The van der Waals surface area contributed by atoms with Crippen molar-refractivity contribution < 1.29 is 0 Å². The van der Waals surface area contributed by atoms with Crippen LogP contribution in [0.25, 0.3) is 27.7 Å². The number of hydrogen-bond acceptors (Lipinski definition) is 1. The second-order valence-electron chi connectivity index (χ2n) is 4.92. The zero-order valence-corrected chi connectivity index (χ0v) is 10.4. The SMILES string of the molecule is Cc1ccc2[nH]c3c(nc4ccc(C)cn43)c2c1. The number of aromatic nitrogens is 3. The molecule has 0 bridgehead atoms. The van der Waals surface area contributed by atoms with Crippen LogP contribution in [-0.4, -0.2) is 14.4 Å². The number of fused-ring (bicyclic) bond motifs is 5. The zero-order chi connectivity index (χ0) is 12.3. The van der Waals surface area contributed by atoms with Gasteiger partial charge in [0.15, 0.2) is 0 Å². The highest BCUT2D eigenvalue weighted by Gasteiger charge is 2.10. The largest absolute Gasteiger partial charge is 0.339 e. The summed E-state index contributed by atoms with van der Waals surface area (Å²) in [4.78, 5) is 8.17. The number of benzene rings is 1. The molecule has 3 heteroatoms. The number of nitrogens with one attached hydrogen (secondary N) is 1. The van der Waals surface area contributed by atoms with E-state index in [4.69, 9.17) is 4.98 Å². The maximum absolute atomic E-state index is 4.72. The minimum absolute atomic E-state index is 0.991. The summed E-state index contributed by atoms with van der Waals surface area (Å²) in [5.41, 5.74) is 6.76. The molecule has 0 aliphatic carbocycles. The number of H-pyrrole nitrogens is 1. The van der Waals surface area contributed by atoms with Crippen molar-refractivity contribution in [3.63, 3.8) is 0 Å². The predicted molar refractivity (Wildman–Crippen MR) is 74.0 cm³/mol. The molecule has 0 atom stereocenters. The highest BCUT2D eigenvalue weighted by molar-refractivity contribution is 6.05. The van der Waals surface area contributed by atoms with E-state index in [2.05, 4.69) is 59.8 Å². The molecule has 18 heavy (non-hydrogen) atoms. The molecule has 3 aromatic heterocycles. The van der Waals surface area contributed by atoms with Crippen molar-refractivity contribution in [2.75, 3.05) is 0 Å². The Balaban J connectivity index is 2.26. The fraction of sp³-hybridized carbons (Fsp3) is 0.133. The summed E-state index contributed by atoms with van der Waals surface area (Å²) in [7, 11) is 0. The number of rotatable bonds is 0. The van der Waals surface area contributed by atoms with Crippen LogP contribution in [0.2, 0.25) is 0 Å². The van der Waals surface area contributed by atoms with E-state index in [9.17, 15) is 0 Å². The molecular weight excluding hydrogens is 222 g/mol. The number of nitrogens with zero attached hydrogens (tertiary/aromatic N) is 2. The van der Waals surface area contributed by atoms with Gasteiger partial charge in [-0.2, -0.15) is 0 Å². The van der Waals surface area contributed by atoms with E-state index in [-0.39, 0.29) is 0 Å². The van der Waals surface area contributed by atoms with Gasteiger partial charge in [-0.05, 0) is 37.6 Å². The predicted octanol–water partition coefficient (Wildman–Crippen LogP) is 3.59. The lowest BCUT2D eigenvalue weighted by Crippen LogP contribution is -1.86. The summed E-state index contributed by atoms with van der Waals surface area (Å²) in [5.74, 6) is 0. The minimum atomic E-state index is 0.991. The minimum Gasteiger partial charge on any atom is -0.339 e. The van der Waals surface area contributed by atoms with Crippen LogP contribution in [0.1, 0.15) is 11.1 Å². The zero-order valence-electron chi connectivity index (χ0n) is 10.4. The summed E-state index contributed by atoms with van der Waals surface area (Å²) in [6, 6.07) is 10.6. The first kappa shape index (κ1) is 9.71. The third-order valence-corrected chi connectivity index (χ3v) is 3.45. The third kappa shape index (κ3) is 1.16. The van der Waals surface area contributed by atoms with Crippen LogP contribution in [0.5, 0.6) is 0 Å². The van der Waals surface area contributed by atoms with E-state index in [1.165, 1.54) is 16.5 Å². The van der Waals surface area contributed by atoms with Crippen LogP contribution < -0.4 is 0 Å². The number of imidazole rings is 1. The standard InChI is InChI=1S/C15H13N3/c1-9-3-5-12-11(7-9)14-15(16-12)18-8-10(2)4-6-13(18)17-14/h3-8,16H,1-2H3. The number of hydrogen-bond donors (Lipinski definition) is 1. The van der Waals surface area contributed by atoms with E-state index < -0.39 is 0 Å². The molecule has 1 N–H and O–H groups in total. The third-order valence-electron chi connectivity index (χ3n) is 3.45. The van der Waals surface area contributed by atoms with Gasteiger partial charge in [-0.1, -0.05) is 17.7 Å². The van der Waals surface area contributed by atoms with Gasteiger partial charge >= 0.3 is 0 Å². The van der Waals surface area contributed by atoms with Crippen molar-refractivity contribution in [2.45, 2.75) is 13.8 Å². The average molecular weight is 235 g/mol. The Morgan fingerprint density at radius 2 is 1.89 bits per heavy atom. The lowest BCUT2D eigenvalue weighted by molar-refractivity contribution is 1.17. The van der Waals surface area contributed by atoms with Crippen molar-refractivity contribution in [3.05, 3.63) is 47.7 Å². The van der Waals surface area contributed by atoms with Crippen molar-refractivity contribution in [1.29, 1.82) is 0 Å². The molecule has 0 saturated heterocycles. The quantitative estimate of drug-likeness (QED) is 0.496. The summed E-state index contributed by atoms with van der Waals surface area (Å²) >= 11 is 0. The van der Waals surface area contributed by atoms with Gasteiger partial charge in [-0.3, -0.25) is 4.40 Å². The van der Waals surface area contributed by atoms with E-state index in [0.717, 1.165) is 22.3 Å². The van der Waals surface area contributed by atoms with Crippen LogP contribution in [-0.2, 0) is 0 Å². The second kappa shape index (κ2) is 3.13. The van der Waals surface area contributed by atoms with Gasteiger partial charge in [-0.25, -0.2) is 4.98 Å². The second-order valence-corrected chi connectivity index (χ2v) is 4.92. The van der Waals surface area contributed by atoms with E-state index in [1.54, 1.807) is 0 Å². The molecule has 3 heterocycles. The molecule has 0 aliphatic rings. The van der Waals surface area contributed by atoms with Crippen LogP contribution in [0.3, 0.4) is 0 Å². The van der Waals surface area contributed by atoms with E-state index >= 15 is 0 Å². The Hall–Kier alpha value is -2.29. The smallest absolute Gasteiger partial charge is 0.143 e. The Morgan fingerprint density at radius 3 is 2.78 bits per heavy atom. The van der Waals surface area contributed by atoms with Gasteiger partial charge in [0.2, 0.25) is 0 Å². The van der Waals surface area contributed by atoms with Crippen LogP contribution in [0.15, 0.2) is 36.5 Å². The number of aryl methyl sites for hydroxylation is 2. The highest BCUT2D eigenvalue weighted by Crippen LogP contribution is 2.26. The lowest BCUT2D eigenvalue weighted by Gasteiger charge is -1.96. The molecule has 0 amide bonds. The summed E-state index contributed by atoms with van der Waals surface area (Å²) in [5, 5.41) is 1.20. The first-order chi connectivity index (χ1) is 8.72.